The van der Waals surface area contributed by atoms with Crippen molar-refractivity contribution in [3.63, 3.8) is 0 Å². The van der Waals surface area contributed by atoms with Crippen molar-refractivity contribution in [2.45, 2.75) is 27.2 Å². The van der Waals surface area contributed by atoms with Crippen LogP contribution >= 0.6 is 0 Å². The van der Waals surface area contributed by atoms with Crippen LogP contribution < -0.4 is 0 Å². The minimum Gasteiger partial charge on any atom is -0.466 e. The predicted molar refractivity (Wildman–Crippen MR) is 54.8 cm³/mol. The van der Waals surface area contributed by atoms with E-state index in [0.29, 0.717) is 0 Å². The third-order valence-corrected chi connectivity index (χ3v) is 2.52. The average molecular weight is 222 g/mol. The third-order valence-electron chi connectivity index (χ3n) is 2.52. The lowest BCUT2D eigenvalue weighted by molar-refractivity contribution is -0.149. The summed E-state index contributed by atoms with van der Waals surface area (Å²) in [7, 11) is 0. The van der Waals surface area contributed by atoms with E-state index in [1.807, 2.05) is 0 Å². The number of hydrogen-bond acceptors (Lipinski definition) is 5. The first kappa shape index (κ1) is 14.1. The van der Waals surface area contributed by atoms with Crippen molar-refractivity contribution in [1.29, 1.82) is 10.5 Å². The molecular formula is C11H14N2O3. The van der Waals surface area contributed by atoms with E-state index >= 15 is 0 Å². The molecule has 0 spiro atoms. The van der Waals surface area contributed by atoms with Crippen molar-refractivity contribution in [2.75, 3.05) is 6.61 Å². The quantitative estimate of drug-likeness (QED) is 0.652. The molecule has 0 aliphatic heterocycles. The van der Waals surface area contributed by atoms with Gasteiger partial charge in [0, 0.05) is 0 Å². The fourth-order valence-corrected chi connectivity index (χ4v) is 1.26. The lowest BCUT2D eigenvalue weighted by atomic mass is 9.73. The molecule has 0 rings (SSSR count). The number of ether oxygens (including phenoxy) is 1. The van der Waals surface area contributed by atoms with Crippen LogP contribution in [0, 0.1) is 34.0 Å². The number of esters is 1. The Hall–Kier alpha value is -1.88. The zero-order chi connectivity index (χ0) is 12.8. The summed E-state index contributed by atoms with van der Waals surface area (Å²) < 4.78 is 4.72. The van der Waals surface area contributed by atoms with E-state index in [-0.39, 0.29) is 18.8 Å². The van der Waals surface area contributed by atoms with Gasteiger partial charge in [-0.1, -0.05) is 0 Å². The van der Waals surface area contributed by atoms with Crippen molar-refractivity contribution >= 4 is 11.8 Å². The van der Waals surface area contributed by atoms with Gasteiger partial charge in [0.1, 0.15) is 11.7 Å². The normalized spacial score (nSPS) is 13.4. The van der Waals surface area contributed by atoms with Gasteiger partial charge >= 0.3 is 5.97 Å². The first-order valence-electron chi connectivity index (χ1n) is 4.88. The monoisotopic (exact) mass is 222 g/mol. The van der Waals surface area contributed by atoms with Crippen LogP contribution in [0.4, 0.5) is 0 Å². The molecule has 86 valence electrons. The van der Waals surface area contributed by atoms with Crippen LogP contribution in [0.1, 0.15) is 27.2 Å². The van der Waals surface area contributed by atoms with Gasteiger partial charge < -0.3 is 4.74 Å². The Morgan fingerprint density at radius 1 is 1.38 bits per heavy atom. The number of hydrogen-bond donors (Lipinski definition) is 0. The van der Waals surface area contributed by atoms with E-state index in [0.717, 1.165) is 0 Å². The van der Waals surface area contributed by atoms with Crippen molar-refractivity contribution < 1.29 is 14.3 Å². The molecule has 0 aromatic carbocycles. The lowest BCUT2D eigenvalue weighted by Gasteiger charge is -2.25. The second-order valence-electron chi connectivity index (χ2n) is 3.65. The highest BCUT2D eigenvalue weighted by Crippen LogP contribution is 2.32. The second-order valence-corrected chi connectivity index (χ2v) is 3.65. The Balaban J connectivity index is 5.01. The van der Waals surface area contributed by atoms with Crippen molar-refractivity contribution in [2.24, 2.45) is 11.3 Å². The topological polar surface area (TPSA) is 90.9 Å². The summed E-state index contributed by atoms with van der Waals surface area (Å²) in [5, 5.41) is 17.6. The van der Waals surface area contributed by atoms with E-state index < -0.39 is 17.3 Å². The second kappa shape index (κ2) is 5.87. The van der Waals surface area contributed by atoms with E-state index in [9.17, 15) is 9.59 Å². The van der Waals surface area contributed by atoms with Crippen molar-refractivity contribution in [3.8, 4) is 12.1 Å². The van der Waals surface area contributed by atoms with Gasteiger partial charge in [-0.25, -0.2) is 0 Å². The number of rotatable bonds is 5. The molecule has 0 amide bonds. The van der Waals surface area contributed by atoms with E-state index in [1.165, 1.54) is 13.8 Å². The Kier molecular flexibility index (Phi) is 5.18. The van der Waals surface area contributed by atoms with Crippen LogP contribution in [0.2, 0.25) is 0 Å². The first-order valence-corrected chi connectivity index (χ1v) is 4.88. The maximum atomic E-state index is 11.5. The molecule has 5 nitrogen and oxygen atoms in total. The number of nitriles is 2. The zero-order valence-corrected chi connectivity index (χ0v) is 9.61. The Morgan fingerprint density at radius 2 is 1.88 bits per heavy atom. The molecule has 5 heteroatoms. The van der Waals surface area contributed by atoms with Crippen LogP contribution in [0.3, 0.4) is 0 Å². The van der Waals surface area contributed by atoms with Crippen LogP contribution in [-0.4, -0.2) is 18.4 Å². The number of carbonyl (C=O) groups is 2. The summed E-state index contributed by atoms with van der Waals surface area (Å²) >= 11 is 0. The maximum Gasteiger partial charge on any atom is 0.306 e. The summed E-state index contributed by atoms with van der Waals surface area (Å²) in [6, 6.07) is 3.46. The lowest BCUT2D eigenvalue weighted by Crippen LogP contribution is -2.36. The highest BCUT2D eigenvalue weighted by atomic mass is 16.5. The predicted octanol–water partition coefficient (Wildman–Crippen LogP) is 1.20. The van der Waals surface area contributed by atoms with Gasteiger partial charge in [-0.15, -0.1) is 0 Å². The smallest absolute Gasteiger partial charge is 0.306 e. The Bertz CT molecular complexity index is 350. The zero-order valence-electron chi connectivity index (χ0n) is 9.61. The molecule has 0 fully saturated rings. The highest BCUT2D eigenvalue weighted by Gasteiger charge is 2.41. The summed E-state index contributed by atoms with van der Waals surface area (Å²) in [6.45, 7) is 4.55. The van der Waals surface area contributed by atoms with Gasteiger partial charge in [0.25, 0.3) is 0 Å². The minimum absolute atomic E-state index is 0.205. The van der Waals surface area contributed by atoms with Crippen LogP contribution in [0.15, 0.2) is 0 Å². The number of ketones is 1. The van der Waals surface area contributed by atoms with E-state index in [4.69, 9.17) is 15.3 Å². The van der Waals surface area contributed by atoms with E-state index in [1.54, 1.807) is 19.1 Å². The van der Waals surface area contributed by atoms with Gasteiger partial charge in [-0.3, -0.25) is 9.59 Å². The average Bonchev–Trinajstić information content (AvgIpc) is 2.19. The summed E-state index contributed by atoms with van der Waals surface area (Å²) in [6.07, 6.45) is -0.248. The van der Waals surface area contributed by atoms with E-state index in [2.05, 4.69) is 0 Å². The number of nitrogens with zero attached hydrogens (tertiary/aromatic N) is 2. The number of carbonyl (C=O) groups excluding carboxylic acids is 2. The SMILES string of the molecule is CCOC(=O)CC(C)(C(C)=O)C(C#N)C#N. The molecule has 0 radical (unpaired) electrons. The third kappa shape index (κ3) is 3.06. The van der Waals surface area contributed by atoms with Crippen LogP contribution in [0.25, 0.3) is 0 Å². The largest absolute Gasteiger partial charge is 0.466 e. The van der Waals surface area contributed by atoms with Crippen molar-refractivity contribution in [1.82, 2.24) is 0 Å². The molecule has 0 aromatic rings. The van der Waals surface area contributed by atoms with Crippen LogP contribution in [0.5, 0.6) is 0 Å². The van der Waals surface area contributed by atoms with Gasteiger partial charge in [-0.05, 0) is 20.8 Å². The molecule has 0 aliphatic carbocycles. The minimum atomic E-state index is -1.30. The molecule has 1 unspecified atom stereocenters. The van der Waals surface area contributed by atoms with Crippen LogP contribution in [-0.2, 0) is 14.3 Å². The molecule has 16 heavy (non-hydrogen) atoms. The Labute approximate surface area is 94.6 Å². The Morgan fingerprint density at radius 3 is 2.19 bits per heavy atom. The molecule has 0 bridgehead atoms. The summed E-state index contributed by atoms with van der Waals surface area (Å²) in [4.78, 5) is 22.8. The fourth-order valence-electron chi connectivity index (χ4n) is 1.26. The molecule has 0 saturated carbocycles. The molecule has 0 N–H and O–H groups in total. The molecule has 0 heterocycles. The van der Waals surface area contributed by atoms with Gasteiger partial charge in [0.2, 0.25) is 0 Å². The maximum absolute atomic E-state index is 11.5. The summed E-state index contributed by atoms with van der Waals surface area (Å²) in [5.74, 6) is -2.08. The van der Waals surface area contributed by atoms with Crippen molar-refractivity contribution in [3.05, 3.63) is 0 Å². The molecule has 1 atom stereocenters. The first-order chi connectivity index (χ1) is 7.42. The standard InChI is InChI=1S/C11H14N2O3/c1-4-16-10(15)5-11(3,8(2)14)9(6-12)7-13/h9H,4-5H2,1-3H3. The molecular weight excluding hydrogens is 208 g/mol. The molecule has 0 saturated heterocycles. The van der Waals surface area contributed by atoms with Gasteiger partial charge in [0.15, 0.2) is 0 Å². The van der Waals surface area contributed by atoms with Gasteiger partial charge in [0.05, 0.1) is 30.6 Å². The number of Topliss-reactive ketones (excluding diaryl/α,β-unsaturated/α-hetero) is 1. The highest BCUT2D eigenvalue weighted by molar-refractivity contribution is 5.87. The molecule has 0 aliphatic rings. The molecule has 0 aromatic heterocycles. The summed E-state index contributed by atoms with van der Waals surface area (Å²) in [5.41, 5.74) is -1.30. The fraction of sp³-hybridized carbons (Fsp3) is 0.636. The van der Waals surface area contributed by atoms with Gasteiger partial charge in [-0.2, -0.15) is 10.5 Å².